The van der Waals surface area contributed by atoms with Gasteiger partial charge < -0.3 is 14.8 Å². The molecule has 1 N–H and O–H groups in total. The highest BCUT2D eigenvalue weighted by Gasteiger charge is 2.33. The molecule has 1 saturated heterocycles. The lowest BCUT2D eigenvalue weighted by Gasteiger charge is -2.24. The summed E-state index contributed by atoms with van der Waals surface area (Å²) < 4.78 is 49.7. The highest BCUT2D eigenvalue weighted by Crippen LogP contribution is 2.31. The number of carbonyl (C=O) groups excluding carboxylic acids is 1. The Hall–Kier alpha value is -3.05. The van der Waals surface area contributed by atoms with E-state index in [4.69, 9.17) is 9.47 Å². The number of carbonyl (C=O) groups is 1. The largest absolute Gasteiger partial charge is 0.490 e. The second-order valence-corrected chi connectivity index (χ2v) is 9.22. The van der Waals surface area contributed by atoms with Crippen molar-refractivity contribution in [2.45, 2.75) is 45.0 Å². The Balaban J connectivity index is 1.56. The quantitative estimate of drug-likeness (QED) is 0.523. The molecular weight excluding hydrogens is 469 g/mol. The van der Waals surface area contributed by atoms with Gasteiger partial charge in [0.05, 0.1) is 24.9 Å². The molecular formula is C23H23F3N4O3S. The van der Waals surface area contributed by atoms with Gasteiger partial charge in [-0.25, -0.2) is 4.98 Å². The summed E-state index contributed by atoms with van der Waals surface area (Å²) in [5.74, 6) is 0.130. The molecule has 3 heterocycles. The minimum Gasteiger partial charge on any atom is -0.490 e. The van der Waals surface area contributed by atoms with Crippen LogP contribution in [0.15, 0.2) is 36.5 Å². The number of ether oxygens (including phenoxy) is 2. The zero-order valence-corrected chi connectivity index (χ0v) is 19.4. The molecule has 4 rings (SSSR count). The van der Waals surface area contributed by atoms with E-state index in [1.807, 2.05) is 13.0 Å². The van der Waals surface area contributed by atoms with Crippen LogP contribution in [0, 0.1) is 6.92 Å². The summed E-state index contributed by atoms with van der Waals surface area (Å²) in [7, 11) is 0. The molecule has 7 nitrogen and oxygen atoms in total. The number of hydrogen-bond acceptors (Lipinski definition) is 7. The number of amides is 1. The van der Waals surface area contributed by atoms with Gasteiger partial charge >= 0.3 is 6.18 Å². The standard InChI is InChI=1S/C23H23F3N4O3S/c1-13-12-27-22(34-13)16-9-15(10-18(11-16)33-17-5-7-32-8-6-17)21(31)28-14(2)19-3-4-20(30-29-19)23(24,25)26/h3-4,9-12,14,17H,5-8H2,1-2H3,(H,28,31). The number of hydrogen-bond donors (Lipinski definition) is 1. The molecule has 2 aromatic heterocycles. The molecule has 11 heteroatoms. The summed E-state index contributed by atoms with van der Waals surface area (Å²) in [6.45, 7) is 4.82. The van der Waals surface area contributed by atoms with Crippen LogP contribution in [0.25, 0.3) is 10.6 Å². The highest BCUT2D eigenvalue weighted by atomic mass is 32.1. The Kier molecular flexibility index (Phi) is 7.13. The first-order valence-corrected chi connectivity index (χ1v) is 11.5. The fourth-order valence-electron chi connectivity index (χ4n) is 3.47. The van der Waals surface area contributed by atoms with Crippen molar-refractivity contribution >= 4 is 17.2 Å². The average Bonchev–Trinajstić information content (AvgIpc) is 3.25. The summed E-state index contributed by atoms with van der Waals surface area (Å²) in [5.41, 5.74) is 0.219. The van der Waals surface area contributed by atoms with E-state index in [0.717, 1.165) is 34.4 Å². The number of nitrogens with zero attached hydrogens (tertiary/aromatic N) is 3. The Labute approximate surface area is 198 Å². The van der Waals surface area contributed by atoms with Crippen LogP contribution in [-0.4, -0.2) is 40.4 Å². The maximum atomic E-state index is 13.1. The van der Waals surface area contributed by atoms with E-state index in [0.29, 0.717) is 24.5 Å². The van der Waals surface area contributed by atoms with Crippen molar-refractivity contribution < 1.29 is 27.4 Å². The van der Waals surface area contributed by atoms with Gasteiger partial charge in [-0.3, -0.25) is 4.79 Å². The molecule has 1 aliphatic rings. The molecule has 1 aliphatic heterocycles. The van der Waals surface area contributed by atoms with Gasteiger partial charge in [0.25, 0.3) is 5.91 Å². The van der Waals surface area contributed by atoms with Crippen LogP contribution in [0.5, 0.6) is 5.75 Å². The van der Waals surface area contributed by atoms with E-state index in [1.165, 1.54) is 17.4 Å². The average molecular weight is 493 g/mol. The third-order valence-corrected chi connectivity index (χ3v) is 6.24. The number of nitrogens with one attached hydrogen (secondary N) is 1. The molecule has 1 aromatic carbocycles. The first-order valence-electron chi connectivity index (χ1n) is 10.7. The predicted molar refractivity (Wildman–Crippen MR) is 120 cm³/mol. The molecule has 34 heavy (non-hydrogen) atoms. The molecule has 0 aliphatic carbocycles. The normalized spacial score (nSPS) is 15.7. The number of benzene rings is 1. The van der Waals surface area contributed by atoms with Crippen LogP contribution >= 0.6 is 11.3 Å². The van der Waals surface area contributed by atoms with Gasteiger partial charge in [-0.2, -0.15) is 18.3 Å². The lowest BCUT2D eigenvalue weighted by molar-refractivity contribution is -0.141. The second-order valence-electron chi connectivity index (χ2n) is 7.99. The Bertz CT molecular complexity index is 1150. The first-order chi connectivity index (χ1) is 16.2. The van der Waals surface area contributed by atoms with Crippen molar-refractivity contribution in [2.75, 3.05) is 13.2 Å². The zero-order valence-electron chi connectivity index (χ0n) is 18.6. The molecule has 0 saturated carbocycles. The van der Waals surface area contributed by atoms with Crippen molar-refractivity contribution in [1.29, 1.82) is 0 Å². The molecule has 1 fully saturated rings. The molecule has 180 valence electrons. The van der Waals surface area contributed by atoms with Crippen LogP contribution < -0.4 is 10.1 Å². The third kappa shape index (κ3) is 5.89. The van der Waals surface area contributed by atoms with Crippen molar-refractivity contribution in [3.8, 4) is 16.3 Å². The van der Waals surface area contributed by atoms with Crippen LogP contribution in [-0.2, 0) is 10.9 Å². The first kappa shape index (κ1) is 24.1. The van der Waals surface area contributed by atoms with E-state index >= 15 is 0 Å². The van der Waals surface area contributed by atoms with E-state index in [9.17, 15) is 18.0 Å². The molecule has 1 unspecified atom stereocenters. The topological polar surface area (TPSA) is 86.2 Å². The Morgan fingerprint density at radius 3 is 2.59 bits per heavy atom. The van der Waals surface area contributed by atoms with Crippen LogP contribution in [0.3, 0.4) is 0 Å². The summed E-state index contributed by atoms with van der Waals surface area (Å²) >= 11 is 1.50. The monoisotopic (exact) mass is 492 g/mol. The van der Waals surface area contributed by atoms with E-state index in [-0.39, 0.29) is 11.8 Å². The second kappa shape index (κ2) is 10.1. The fourth-order valence-corrected chi connectivity index (χ4v) is 4.23. The van der Waals surface area contributed by atoms with Crippen molar-refractivity contribution in [3.05, 3.63) is 58.4 Å². The molecule has 0 spiro atoms. The van der Waals surface area contributed by atoms with E-state index in [1.54, 1.807) is 25.3 Å². The lowest BCUT2D eigenvalue weighted by atomic mass is 10.1. The van der Waals surface area contributed by atoms with Gasteiger partial charge in [-0.05, 0) is 44.2 Å². The summed E-state index contributed by atoms with van der Waals surface area (Å²) in [5, 5.41) is 10.4. The minimum absolute atomic E-state index is 0.0145. The Morgan fingerprint density at radius 2 is 1.97 bits per heavy atom. The van der Waals surface area contributed by atoms with Gasteiger partial charge in [0.2, 0.25) is 0 Å². The van der Waals surface area contributed by atoms with E-state index in [2.05, 4.69) is 20.5 Å². The number of thiazole rings is 1. The van der Waals surface area contributed by atoms with Crippen LogP contribution in [0.4, 0.5) is 13.2 Å². The lowest BCUT2D eigenvalue weighted by Crippen LogP contribution is -2.28. The maximum absolute atomic E-state index is 13.1. The predicted octanol–water partition coefficient (Wildman–Crippen LogP) is 4.98. The SMILES string of the molecule is Cc1cnc(-c2cc(OC3CCOCC3)cc(C(=O)NC(C)c3ccc(C(F)(F)F)nn3)c2)s1. The highest BCUT2D eigenvalue weighted by molar-refractivity contribution is 7.14. The number of halogens is 3. The fraction of sp³-hybridized carbons (Fsp3) is 0.391. The number of alkyl halides is 3. The zero-order chi connectivity index (χ0) is 24.3. The summed E-state index contributed by atoms with van der Waals surface area (Å²) in [4.78, 5) is 18.5. The number of aryl methyl sites for hydroxylation is 1. The van der Waals surface area contributed by atoms with Crippen LogP contribution in [0.2, 0.25) is 0 Å². The molecule has 1 atom stereocenters. The van der Waals surface area contributed by atoms with Crippen molar-refractivity contribution in [3.63, 3.8) is 0 Å². The van der Waals surface area contributed by atoms with Crippen molar-refractivity contribution in [2.24, 2.45) is 0 Å². The molecule has 0 bridgehead atoms. The summed E-state index contributed by atoms with van der Waals surface area (Å²) in [6, 6.07) is 6.61. The van der Waals surface area contributed by atoms with Gasteiger partial charge in [-0.15, -0.1) is 16.4 Å². The number of aromatic nitrogens is 3. The Morgan fingerprint density at radius 1 is 1.21 bits per heavy atom. The van der Waals surface area contributed by atoms with Gasteiger partial charge in [-0.1, -0.05) is 0 Å². The van der Waals surface area contributed by atoms with Gasteiger partial charge in [0.15, 0.2) is 5.69 Å². The minimum atomic E-state index is -4.58. The molecule has 1 amide bonds. The van der Waals surface area contributed by atoms with E-state index < -0.39 is 23.8 Å². The van der Waals surface area contributed by atoms with Gasteiger partial charge in [0.1, 0.15) is 16.9 Å². The van der Waals surface area contributed by atoms with Crippen molar-refractivity contribution in [1.82, 2.24) is 20.5 Å². The van der Waals surface area contributed by atoms with Crippen LogP contribution in [0.1, 0.15) is 52.4 Å². The third-order valence-electron chi connectivity index (χ3n) is 5.27. The molecule has 0 radical (unpaired) electrons. The maximum Gasteiger partial charge on any atom is 0.435 e. The summed E-state index contributed by atoms with van der Waals surface area (Å²) in [6.07, 6.45) is -1.32. The molecule has 3 aromatic rings. The number of rotatable bonds is 6. The smallest absolute Gasteiger partial charge is 0.435 e. The van der Waals surface area contributed by atoms with Gasteiger partial charge in [0, 0.05) is 35.0 Å².